The molecule has 6 aliphatic heterocycles. The zero-order chi connectivity index (χ0) is 95.9. The smallest absolute Gasteiger partial charge is 0.347 e. The molecule has 0 aromatic heterocycles. The molecule has 6 aromatic rings. The van der Waals surface area contributed by atoms with Crippen LogP contribution in [0.5, 0.6) is 46.0 Å². The molecule has 752 valence electrons. The average molecular weight is 1900 g/mol. The molecular formula is C110H156F12O12. The first-order chi connectivity index (χ1) is 64.1. The van der Waals surface area contributed by atoms with E-state index in [2.05, 4.69) is 41.5 Å². The molecule has 0 radical (unpaired) electrons. The fraction of sp³-hybridized carbons (Fsp3) is 0.655. The molecule has 0 N–H and O–H groups in total. The molecule has 0 saturated heterocycles. The first-order valence-electron chi connectivity index (χ1n) is 50.7. The van der Waals surface area contributed by atoms with Crippen LogP contribution in [0.25, 0.3) is 0 Å². The summed E-state index contributed by atoms with van der Waals surface area (Å²) in [5.74, 6) is -5.36. The zero-order valence-electron chi connectivity index (χ0n) is 81.0. The van der Waals surface area contributed by atoms with Gasteiger partial charge in [-0.1, -0.05) is 106 Å². The third-order valence-corrected chi connectivity index (χ3v) is 30.5. The molecule has 18 rings (SSSR count). The van der Waals surface area contributed by atoms with Gasteiger partial charge in [0.1, 0.15) is 12.2 Å². The van der Waals surface area contributed by atoms with E-state index in [0.29, 0.717) is 115 Å². The van der Waals surface area contributed by atoms with Crippen LogP contribution in [-0.4, -0.2) is 74.0 Å². The van der Waals surface area contributed by atoms with E-state index in [1.807, 2.05) is 26.8 Å². The second-order valence-electron chi connectivity index (χ2n) is 41.9. The molecule has 6 atom stereocenters. The van der Waals surface area contributed by atoms with Crippen LogP contribution in [0.15, 0.2) is 36.4 Å². The van der Waals surface area contributed by atoms with Crippen molar-refractivity contribution in [3.8, 4) is 46.0 Å². The molecule has 0 bridgehead atoms. The summed E-state index contributed by atoms with van der Waals surface area (Å²) in [6.07, 6.45) is 38.1. The molecule has 134 heavy (non-hydrogen) atoms. The van der Waals surface area contributed by atoms with Crippen molar-refractivity contribution in [3.63, 3.8) is 0 Å². The molecule has 12 nitrogen and oxygen atoms in total. The molecule has 0 amide bonds. The normalized spacial score (nSPS) is 27.7. The van der Waals surface area contributed by atoms with E-state index < -0.39 is 87.8 Å². The Balaban J connectivity index is 0.000000226. The Bertz CT molecular complexity index is 4760. The summed E-state index contributed by atoms with van der Waals surface area (Å²) in [6, 6.07) is 9.86. The van der Waals surface area contributed by atoms with Crippen molar-refractivity contribution in [1.29, 1.82) is 0 Å². The first kappa shape index (κ1) is 103. The summed E-state index contributed by atoms with van der Waals surface area (Å²) in [5, 5.41) is 0. The van der Waals surface area contributed by atoms with Crippen LogP contribution < -0.4 is 37.9 Å². The molecule has 6 aromatic carbocycles. The third kappa shape index (κ3) is 27.3. The van der Waals surface area contributed by atoms with Gasteiger partial charge in [-0.2, -0.15) is 35.1 Å². The zero-order valence-corrected chi connectivity index (χ0v) is 81.0. The van der Waals surface area contributed by atoms with Gasteiger partial charge < -0.3 is 47.4 Å². The number of benzene rings is 6. The monoisotopic (exact) mass is 1900 g/mol. The van der Waals surface area contributed by atoms with Crippen LogP contribution in [0.1, 0.15) is 338 Å². The number of halogens is 12. The third-order valence-electron chi connectivity index (χ3n) is 30.5. The number of carbonyl (C=O) groups excluding carboxylic acids is 2. The van der Waals surface area contributed by atoms with E-state index >= 15 is 0 Å². The van der Waals surface area contributed by atoms with E-state index in [0.717, 1.165) is 188 Å². The summed E-state index contributed by atoms with van der Waals surface area (Å²) in [6.45, 7) is 24.7. The Labute approximate surface area is 795 Å². The van der Waals surface area contributed by atoms with Crippen molar-refractivity contribution >= 4 is 11.9 Å². The fourth-order valence-electron chi connectivity index (χ4n) is 21.2. The molecule has 6 fully saturated rings. The second kappa shape index (κ2) is 48.0. The van der Waals surface area contributed by atoms with Gasteiger partial charge in [-0.25, -0.2) is 22.4 Å². The minimum atomic E-state index is -1.14. The average Bonchev–Trinajstić information content (AvgIpc) is 0.805. The molecule has 24 heteroatoms. The minimum Gasteiger partial charge on any atom is -0.490 e. The van der Waals surface area contributed by atoms with E-state index in [9.17, 15) is 62.3 Å². The number of ether oxygens (including phenoxy) is 10. The highest BCUT2D eigenvalue weighted by Crippen LogP contribution is 2.46. The van der Waals surface area contributed by atoms with Gasteiger partial charge in [0.2, 0.25) is 46.5 Å². The van der Waals surface area contributed by atoms with Gasteiger partial charge in [0.05, 0.1) is 49.7 Å². The van der Waals surface area contributed by atoms with Crippen LogP contribution >= 0.6 is 0 Å². The van der Waals surface area contributed by atoms with Crippen molar-refractivity contribution in [3.05, 3.63) is 162 Å². The first-order valence-corrected chi connectivity index (χ1v) is 50.7. The van der Waals surface area contributed by atoms with E-state index in [4.69, 9.17) is 47.4 Å². The SMILES string of the molecule is CC1CCC(C(=O)Oc2cc3c(c(F)c2F)OC(C)CC3)CC1.CC1CCC(CCc2cc3c(c(F)c2F)OC(C)CC3)CC1.CC1CCC(COc2cc3c(c(F)c2F)OC(C)CC3)CC1.Cc1cc2c(c(F)c1F)OC(C(=O)OC1CCC(C)CC1)CC2.Cc1cc2c(c(F)c1F)OC(CCC1CCC(C)CC1)CC2.Cc1cc2c(c(F)c1F)OC(COC1CCC(C)CC1)CC2.[HH].[HH].[HH].[HH].[HH].[HH]. The maximum Gasteiger partial charge on any atom is 0.347 e. The molecule has 6 saturated carbocycles. The minimum absolute atomic E-state index is 0. The molecule has 6 aliphatic carbocycles. The van der Waals surface area contributed by atoms with Crippen molar-refractivity contribution in [1.82, 2.24) is 0 Å². The summed E-state index contributed by atoms with van der Waals surface area (Å²) in [4.78, 5) is 24.5. The number of hydrogen-bond donors (Lipinski definition) is 0. The Morgan fingerprint density at radius 3 is 1.12 bits per heavy atom. The van der Waals surface area contributed by atoms with Gasteiger partial charge in [-0.15, -0.1) is 0 Å². The second-order valence-corrected chi connectivity index (χ2v) is 41.9. The summed E-state index contributed by atoms with van der Waals surface area (Å²) in [7, 11) is 0. The maximum absolute atomic E-state index is 14.3. The van der Waals surface area contributed by atoms with Crippen molar-refractivity contribution < 1.29 is 118 Å². The maximum atomic E-state index is 14.3. The largest absolute Gasteiger partial charge is 0.490 e. The number of aryl methyl sites for hydroxylation is 10. The number of rotatable bonds is 16. The van der Waals surface area contributed by atoms with Gasteiger partial charge in [-0.3, -0.25) is 4.79 Å². The quantitative estimate of drug-likeness (QED) is 0.0520. The van der Waals surface area contributed by atoms with Gasteiger partial charge in [0.25, 0.3) is 0 Å². The number of carbonyl (C=O) groups is 2. The highest BCUT2D eigenvalue weighted by Gasteiger charge is 2.38. The lowest BCUT2D eigenvalue weighted by Gasteiger charge is -2.30. The number of fused-ring (bicyclic) bond motifs is 6. The predicted molar refractivity (Wildman–Crippen MR) is 507 cm³/mol. The Kier molecular flexibility index (Phi) is 37.1. The van der Waals surface area contributed by atoms with Crippen LogP contribution in [0.3, 0.4) is 0 Å². The fourth-order valence-corrected chi connectivity index (χ4v) is 21.2. The van der Waals surface area contributed by atoms with Gasteiger partial charge in [0.15, 0.2) is 75.4 Å². The summed E-state index contributed by atoms with van der Waals surface area (Å²) < 4.78 is 224. The van der Waals surface area contributed by atoms with Crippen molar-refractivity contribution in [2.24, 2.45) is 59.2 Å². The standard InChI is InChI=1S/2C19H26F2O.2C18H22F2O3.2C18H24F2O2.6H2/c1-12-3-6-14(7-4-12)8-10-15-11-16-9-5-13(2)22-19(16)18(21)17(15)20;1-12-3-5-14(6-4-12)7-9-16-10-8-15-11-13(2)17(20)18(21)19(15)22-16;1-10-3-6-13(7-4-10)22-18(21)14-8-5-12-9-11(2)15(19)16(20)17(12)23-14;1-10-3-6-12(7-4-10)18(21)23-14-9-13-8-5-11(2)22-17(13)16(20)15(14)19;1-11-3-6-14(7-4-11)21-10-15-8-5-13-9-12(2)16(19)17(20)18(13)22-15;1-11-3-6-13(7-4-11)10-21-15-9-14-8-5-12(2)22-18(14)17(20)16(15)19;;;;;;/h11-14H,3-10H2,1-2H3;11-12,14,16H,3-10H2,1-2H3;9-10,13-14H,3-8H2,1-2H3;9-12H,3-8H2,1-2H3;9,11,14-15H,3-8,10H2,1-2H3;9,11-13H,3-8,10H2,1-2H3;6*1H. The van der Waals surface area contributed by atoms with E-state index in [-0.39, 0.29) is 103 Å². The van der Waals surface area contributed by atoms with E-state index in [1.165, 1.54) is 90.0 Å². The summed E-state index contributed by atoms with van der Waals surface area (Å²) in [5.41, 5.74) is 5.79. The Morgan fingerprint density at radius 2 is 0.649 bits per heavy atom. The lowest BCUT2D eigenvalue weighted by Crippen LogP contribution is -2.36. The lowest BCUT2D eigenvalue weighted by molar-refractivity contribution is -0.160. The van der Waals surface area contributed by atoms with Crippen LogP contribution in [0, 0.1) is 150 Å². The Hall–Kier alpha value is -8.02. The van der Waals surface area contributed by atoms with Crippen LogP contribution in [0.2, 0.25) is 0 Å². The van der Waals surface area contributed by atoms with Crippen molar-refractivity contribution in [2.75, 3.05) is 13.2 Å². The van der Waals surface area contributed by atoms with Crippen LogP contribution in [0.4, 0.5) is 52.7 Å². The number of esters is 2. The summed E-state index contributed by atoms with van der Waals surface area (Å²) >= 11 is 0. The van der Waals surface area contributed by atoms with Gasteiger partial charge >= 0.3 is 11.9 Å². The van der Waals surface area contributed by atoms with Crippen molar-refractivity contribution in [2.45, 2.75) is 389 Å². The topological polar surface area (TPSA) is 126 Å². The highest BCUT2D eigenvalue weighted by atomic mass is 19.2. The molecule has 0 spiro atoms. The van der Waals surface area contributed by atoms with Gasteiger partial charge in [0, 0.05) is 19.7 Å². The molecule has 6 heterocycles. The Morgan fingerprint density at radius 1 is 0.306 bits per heavy atom. The van der Waals surface area contributed by atoms with Crippen LogP contribution in [-0.2, 0) is 64.0 Å². The molecule has 6 unspecified atom stereocenters. The van der Waals surface area contributed by atoms with Gasteiger partial charge in [-0.05, 0) is 368 Å². The molecular weight excluding hydrogens is 1740 g/mol. The van der Waals surface area contributed by atoms with E-state index in [1.54, 1.807) is 38.1 Å². The lowest BCUT2D eigenvalue weighted by atomic mass is 9.80. The predicted octanol–water partition coefficient (Wildman–Crippen LogP) is 30.4. The molecule has 12 aliphatic rings. The number of hydrogen-bond acceptors (Lipinski definition) is 12. The highest BCUT2D eigenvalue weighted by molar-refractivity contribution is 5.76.